The van der Waals surface area contributed by atoms with Gasteiger partial charge in [0.15, 0.2) is 0 Å². The van der Waals surface area contributed by atoms with Crippen LogP contribution in [0.15, 0.2) is 24.3 Å². The molecule has 32 heavy (non-hydrogen) atoms. The van der Waals surface area contributed by atoms with Crippen LogP contribution in [0.2, 0.25) is 0 Å². The van der Waals surface area contributed by atoms with Crippen LogP contribution in [-0.4, -0.2) is 72.8 Å². The zero-order valence-electron chi connectivity index (χ0n) is 18.6. The average molecular weight is 447 g/mol. The number of nitrogens with one attached hydrogen (secondary N) is 2. The first-order valence-electron chi connectivity index (χ1n) is 9.80. The van der Waals surface area contributed by atoms with Crippen molar-refractivity contribution in [1.82, 2.24) is 15.5 Å². The third kappa shape index (κ3) is 8.65. The fraction of sp³-hybridized carbons (Fsp3) is 0.455. The molecule has 0 fully saturated rings. The Bertz CT molecular complexity index is 854. The van der Waals surface area contributed by atoms with Gasteiger partial charge in [0.05, 0.1) is 13.7 Å². The smallest absolute Gasteiger partial charge is 0.408 e. The Balaban J connectivity index is 3.14. The van der Waals surface area contributed by atoms with Crippen LogP contribution in [0.3, 0.4) is 0 Å². The molecule has 0 aliphatic heterocycles. The fourth-order valence-corrected chi connectivity index (χ4v) is 2.63. The molecule has 1 rings (SSSR count). The molecule has 3 N–H and O–H groups in total. The summed E-state index contributed by atoms with van der Waals surface area (Å²) in [6.07, 6.45) is 4.56. The normalized spacial score (nSPS) is 11.5. The van der Waals surface area contributed by atoms with Gasteiger partial charge in [-0.25, -0.2) is 4.79 Å². The molecule has 0 aromatic heterocycles. The SMILES string of the molecule is C#Cc1ccc(C(C(=O)NCC(=O)OC)N(CCO)C(=O)CNC(=O)OC(C)(C)C)cc1. The topological polar surface area (TPSA) is 134 Å². The number of nitrogens with zero attached hydrogens (tertiary/aromatic N) is 1. The Hall–Kier alpha value is -3.58. The third-order valence-corrected chi connectivity index (χ3v) is 4.03. The van der Waals surface area contributed by atoms with Crippen molar-refractivity contribution in [1.29, 1.82) is 0 Å². The summed E-state index contributed by atoms with van der Waals surface area (Å²) in [6.45, 7) is 3.49. The van der Waals surface area contributed by atoms with Crippen molar-refractivity contribution in [3.8, 4) is 12.3 Å². The molecule has 0 bridgehead atoms. The molecule has 1 aromatic rings. The minimum Gasteiger partial charge on any atom is -0.468 e. The maximum absolute atomic E-state index is 12.9. The molecule has 0 heterocycles. The summed E-state index contributed by atoms with van der Waals surface area (Å²) >= 11 is 0. The van der Waals surface area contributed by atoms with E-state index in [0.717, 1.165) is 4.90 Å². The van der Waals surface area contributed by atoms with Gasteiger partial charge >= 0.3 is 12.1 Å². The van der Waals surface area contributed by atoms with E-state index < -0.39 is 55.2 Å². The highest BCUT2D eigenvalue weighted by Gasteiger charge is 2.31. The molecule has 0 saturated heterocycles. The van der Waals surface area contributed by atoms with Gasteiger partial charge in [-0.15, -0.1) is 6.42 Å². The van der Waals surface area contributed by atoms with Gasteiger partial charge in [0.2, 0.25) is 11.8 Å². The van der Waals surface area contributed by atoms with Crippen molar-refractivity contribution in [3.05, 3.63) is 35.4 Å². The third-order valence-electron chi connectivity index (χ3n) is 4.03. The molecule has 1 aromatic carbocycles. The summed E-state index contributed by atoms with van der Waals surface area (Å²) < 4.78 is 9.62. The second-order valence-corrected chi connectivity index (χ2v) is 7.63. The molecule has 0 radical (unpaired) electrons. The Morgan fingerprint density at radius 1 is 1.12 bits per heavy atom. The molecule has 3 amide bonds. The lowest BCUT2D eigenvalue weighted by molar-refractivity contribution is -0.144. The number of carbonyl (C=O) groups is 4. The first kappa shape index (κ1) is 26.5. The minimum absolute atomic E-state index is 0.206. The summed E-state index contributed by atoms with van der Waals surface area (Å²) in [5, 5.41) is 14.2. The molecule has 174 valence electrons. The largest absolute Gasteiger partial charge is 0.468 e. The Labute approximate surface area is 187 Å². The number of carbonyl (C=O) groups excluding carboxylic acids is 4. The number of rotatable bonds is 9. The minimum atomic E-state index is -1.20. The second-order valence-electron chi connectivity index (χ2n) is 7.63. The number of benzene rings is 1. The van der Waals surface area contributed by atoms with Gasteiger partial charge in [0.1, 0.15) is 24.7 Å². The number of methoxy groups -OCH3 is 1. The Morgan fingerprint density at radius 2 is 1.75 bits per heavy atom. The van der Waals surface area contributed by atoms with Crippen molar-refractivity contribution in [2.75, 3.05) is 33.4 Å². The average Bonchev–Trinajstić information content (AvgIpc) is 2.74. The Morgan fingerprint density at radius 3 is 2.25 bits per heavy atom. The van der Waals surface area contributed by atoms with Crippen molar-refractivity contribution in [2.24, 2.45) is 0 Å². The summed E-state index contributed by atoms with van der Waals surface area (Å²) in [4.78, 5) is 50.2. The van der Waals surface area contributed by atoms with E-state index in [1.54, 1.807) is 45.0 Å². The van der Waals surface area contributed by atoms with Crippen LogP contribution in [0.25, 0.3) is 0 Å². The van der Waals surface area contributed by atoms with E-state index in [2.05, 4.69) is 21.3 Å². The van der Waals surface area contributed by atoms with Crippen molar-refractivity contribution >= 4 is 23.9 Å². The summed E-state index contributed by atoms with van der Waals surface area (Å²) in [6, 6.07) is 5.12. The second kappa shape index (κ2) is 12.3. The molecule has 0 aliphatic rings. The highest BCUT2D eigenvalue weighted by atomic mass is 16.6. The number of aliphatic hydroxyl groups is 1. The summed E-state index contributed by atoms with van der Waals surface area (Å²) in [5.41, 5.74) is 0.201. The van der Waals surface area contributed by atoms with E-state index in [4.69, 9.17) is 11.2 Å². The Kier molecular flexibility index (Phi) is 10.2. The molecular weight excluding hydrogens is 418 g/mol. The number of hydrogen-bond acceptors (Lipinski definition) is 7. The number of aliphatic hydroxyl groups excluding tert-OH is 1. The number of alkyl carbamates (subject to hydrolysis) is 1. The van der Waals surface area contributed by atoms with Crippen LogP contribution in [0.1, 0.15) is 37.9 Å². The number of amides is 3. The van der Waals surface area contributed by atoms with Crippen molar-refractivity contribution in [2.45, 2.75) is 32.4 Å². The van der Waals surface area contributed by atoms with E-state index in [-0.39, 0.29) is 6.54 Å². The van der Waals surface area contributed by atoms with Crippen LogP contribution in [0.4, 0.5) is 4.79 Å². The standard InChI is InChI=1S/C22H29N3O7/c1-6-15-7-9-16(10-8-15)19(20(29)23-14-18(28)31-5)25(11-12-26)17(27)13-24-21(30)32-22(2,3)4/h1,7-10,19,26H,11-14H2,2-5H3,(H,23,29)(H,24,30). The lowest BCUT2D eigenvalue weighted by atomic mass is 10.0. The lowest BCUT2D eigenvalue weighted by Gasteiger charge is -2.31. The number of terminal acetylenes is 1. The van der Waals surface area contributed by atoms with E-state index in [1.807, 2.05) is 0 Å². The van der Waals surface area contributed by atoms with Gasteiger partial charge < -0.3 is 30.1 Å². The monoisotopic (exact) mass is 447 g/mol. The van der Waals surface area contributed by atoms with Gasteiger partial charge in [0.25, 0.3) is 0 Å². The van der Waals surface area contributed by atoms with E-state index >= 15 is 0 Å². The van der Waals surface area contributed by atoms with Crippen molar-refractivity contribution in [3.63, 3.8) is 0 Å². The summed E-state index contributed by atoms with van der Waals surface area (Å²) in [5.74, 6) is 0.453. The highest BCUT2D eigenvalue weighted by molar-refractivity contribution is 5.91. The molecule has 1 atom stereocenters. The van der Waals surface area contributed by atoms with Crippen molar-refractivity contribution < 1.29 is 33.8 Å². The van der Waals surface area contributed by atoms with Crippen LogP contribution >= 0.6 is 0 Å². The van der Waals surface area contributed by atoms with Gasteiger partial charge in [0, 0.05) is 12.1 Å². The van der Waals surface area contributed by atoms with Crippen LogP contribution < -0.4 is 10.6 Å². The molecule has 0 aliphatic carbocycles. The van der Waals surface area contributed by atoms with E-state index in [0.29, 0.717) is 11.1 Å². The summed E-state index contributed by atoms with van der Waals surface area (Å²) in [7, 11) is 1.18. The first-order valence-corrected chi connectivity index (χ1v) is 9.80. The zero-order chi connectivity index (χ0) is 24.3. The van der Waals surface area contributed by atoms with Gasteiger partial charge in [-0.05, 0) is 38.5 Å². The van der Waals surface area contributed by atoms with E-state index in [9.17, 15) is 24.3 Å². The predicted octanol–water partition coefficient (Wildman–Crippen LogP) is 0.344. The van der Waals surface area contributed by atoms with E-state index in [1.165, 1.54) is 7.11 Å². The lowest BCUT2D eigenvalue weighted by Crippen LogP contribution is -2.49. The first-order chi connectivity index (χ1) is 15.0. The number of hydrogen-bond donors (Lipinski definition) is 3. The molecule has 1 unspecified atom stereocenters. The predicted molar refractivity (Wildman–Crippen MR) is 115 cm³/mol. The quantitative estimate of drug-likeness (QED) is 0.367. The van der Waals surface area contributed by atoms with Gasteiger partial charge in [-0.1, -0.05) is 18.1 Å². The van der Waals surface area contributed by atoms with Gasteiger partial charge in [-0.2, -0.15) is 0 Å². The van der Waals surface area contributed by atoms with Crippen LogP contribution in [0, 0.1) is 12.3 Å². The number of ether oxygens (including phenoxy) is 2. The maximum Gasteiger partial charge on any atom is 0.408 e. The molecule has 10 heteroatoms. The van der Waals surface area contributed by atoms with Crippen LogP contribution in [-0.2, 0) is 23.9 Å². The molecule has 10 nitrogen and oxygen atoms in total. The maximum atomic E-state index is 12.9. The fourth-order valence-electron chi connectivity index (χ4n) is 2.63. The van der Waals surface area contributed by atoms with Crippen LogP contribution in [0.5, 0.6) is 0 Å². The zero-order valence-corrected chi connectivity index (χ0v) is 18.6. The molecular formula is C22H29N3O7. The number of esters is 1. The molecule has 0 saturated carbocycles. The van der Waals surface area contributed by atoms with Gasteiger partial charge in [-0.3, -0.25) is 14.4 Å². The highest BCUT2D eigenvalue weighted by Crippen LogP contribution is 2.22. The molecule has 0 spiro atoms.